The molecular formula is C17H27NO4. The molecule has 124 valence electrons. The van der Waals surface area contributed by atoms with Crippen LogP contribution in [0.2, 0.25) is 0 Å². The number of carbonyl (C=O) groups is 1. The van der Waals surface area contributed by atoms with Gasteiger partial charge in [0.25, 0.3) is 0 Å². The largest absolute Gasteiger partial charge is 0.493 e. The summed E-state index contributed by atoms with van der Waals surface area (Å²) in [4.78, 5) is 11.3. The second-order valence-corrected chi connectivity index (χ2v) is 5.54. The van der Waals surface area contributed by atoms with Crippen LogP contribution in [0.5, 0.6) is 11.5 Å². The Hall–Kier alpha value is -1.75. The van der Waals surface area contributed by atoms with Gasteiger partial charge in [0.05, 0.1) is 14.2 Å². The van der Waals surface area contributed by atoms with Gasteiger partial charge in [-0.1, -0.05) is 26.3 Å². The maximum Gasteiger partial charge on any atom is 0.320 e. The third kappa shape index (κ3) is 4.63. The molecule has 3 atom stereocenters. The molecule has 0 saturated heterocycles. The molecule has 5 heteroatoms. The normalized spacial score (nSPS) is 15.0. The molecule has 0 aliphatic carbocycles. The maximum absolute atomic E-state index is 11.3. The van der Waals surface area contributed by atoms with Crippen LogP contribution in [0.4, 0.5) is 0 Å². The van der Waals surface area contributed by atoms with Gasteiger partial charge in [0.2, 0.25) is 0 Å². The molecule has 0 heterocycles. The topological polar surface area (TPSA) is 67.8 Å². The van der Waals surface area contributed by atoms with Crippen LogP contribution < -0.4 is 14.8 Å². The van der Waals surface area contributed by atoms with Crippen molar-refractivity contribution in [2.75, 3.05) is 14.2 Å². The highest BCUT2D eigenvalue weighted by Gasteiger charge is 2.23. The molecule has 1 aromatic carbocycles. The van der Waals surface area contributed by atoms with Crippen LogP contribution >= 0.6 is 0 Å². The number of methoxy groups -OCH3 is 2. The molecule has 0 radical (unpaired) electrons. The van der Waals surface area contributed by atoms with Crippen LogP contribution in [0.1, 0.15) is 45.1 Å². The van der Waals surface area contributed by atoms with E-state index in [0.29, 0.717) is 17.9 Å². The third-order valence-corrected chi connectivity index (χ3v) is 4.02. The number of carboxylic acid groups (broad SMARTS) is 1. The molecule has 2 N–H and O–H groups in total. The number of aliphatic carboxylic acids is 1. The molecule has 5 nitrogen and oxygen atoms in total. The molecule has 0 amide bonds. The van der Waals surface area contributed by atoms with E-state index in [2.05, 4.69) is 12.2 Å². The highest BCUT2D eigenvalue weighted by atomic mass is 16.5. The van der Waals surface area contributed by atoms with E-state index in [4.69, 9.17) is 9.47 Å². The van der Waals surface area contributed by atoms with E-state index < -0.39 is 12.0 Å². The first-order chi connectivity index (χ1) is 10.4. The molecule has 3 unspecified atom stereocenters. The van der Waals surface area contributed by atoms with Gasteiger partial charge >= 0.3 is 5.97 Å². The fourth-order valence-corrected chi connectivity index (χ4v) is 2.45. The highest BCUT2D eigenvalue weighted by Crippen LogP contribution is 2.31. The number of rotatable bonds is 9. The molecule has 0 aliphatic heterocycles. The predicted octanol–water partition coefficient (Wildman–Crippen LogP) is 3.04. The van der Waals surface area contributed by atoms with Gasteiger partial charge in [0.15, 0.2) is 11.5 Å². The molecule has 1 rings (SSSR count). The van der Waals surface area contributed by atoms with Crippen LogP contribution in [0.15, 0.2) is 18.2 Å². The number of hydrogen-bond donors (Lipinski definition) is 2. The Morgan fingerprint density at radius 3 is 2.36 bits per heavy atom. The van der Waals surface area contributed by atoms with Crippen molar-refractivity contribution in [3.8, 4) is 11.5 Å². The number of carboxylic acids is 1. The van der Waals surface area contributed by atoms with Crippen LogP contribution in [0, 0.1) is 0 Å². The van der Waals surface area contributed by atoms with Crippen LogP contribution in [0.25, 0.3) is 0 Å². The molecule has 0 saturated carbocycles. The predicted molar refractivity (Wildman–Crippen MR) is 86.9 cm³/mol. The van der Waals surface area contributed by atoms with Gasteiger partial charge < -0.3 is 19.9 Å². The Labute approximate surface area is 132 Å². The van der Waals surface area contributed by atoms with E-state index in [-0.39, 0.29) is 12.0 Å². The van der Waals surface area contributed by atoms with Crippen LogP contribution in [0.3, 0.4) is 0 Å². The van der Waals surface area contributed by atoms with Gasteiger partial charge in [0.1, 0.15) is 6.04 Å². The monoisotopic (exact) mass is 309 g/mol. The van der Waals surface area contributed by atoms with E-state index in [0.717, 1.165) is 12.0 Å². The van der Waals surface area contributed by atoms with Gasteiger partial charge in [-0.05, 0) is 37.0 Å². The molecule has 0 aromatic heterocycles. The Bertz CT molecular complexity index is 490. The van der Waals surface area contributed by atoms with Gasteiger partial charge in [-0.15, -0.1) is 0 Å². The minimum Gasteiger partial charge on any atom is -0.493 e. The lowest BCUT2D eigenvalue weighted by Gasteiger charge is -2.26. The second kappa shape index (κ2) is 8.63. The maximum atomic E-state index is 11.3. The minimum absolute atomic E-state index is 0.0331. The summed E-state index contributed by atoms with van der Waals surface area (Å²) in [5.41, 5.74) is 1.08. The van der Waals surface area contributed by atoms with Gasteiger partial charge in [-0.2, -0.15) is 0 Å². The Balaban J connectivity index is 2.85. The first-order valence-corrected chi connectivity index (χ1v) is 7.65. The standard InChI is InChI=1S/C17H27NO4/c1-6-7-14(17(19)20)18-12(3)11(2)13-8-9-15(21-4)16(10-13)22-5/h8-12,14,18H,6-7H2,1-5H3,(H,19,20). The third-order valence-electron chi connectivity index (χ3n) is 4.02. The van der Waals surface area contributed by atoms with E-state index in [1.165, 1.54) is 0 Å². The van der Waals surface area contributed by atoms with Crippen molar-refractivity contribution in [2.45, 2.75) is 51.6 Å². The van der Waals surface area contributed by atoms with Crippen molar-refractivity contribution in [1.29, 1.82) is 0 Å². The summed E-state index contributed by atoms with van der Waals surface area (Å²) in [6.45, 7) is 6.07. The lowest BCUT2D eigenvalue weighted by atomic mass is 9.93. The van der Waals surface area contributed by atoms with Crippen molar-refractivity contribution in [2.24, 2.45) is 0 Å². The molecule has 0 fully saturated rings. The van der Waals surface area contributed by atoms with E-state index >= 15 is 0 Å². The first kappa shape index (κ1) is 18.3. The summed E-state index contributed by atoms with van der Waals surface area (Å²) in [7, 11) is 3.21. The quantitative estimate of drug-likeness (QED) is 0.734. The summed E-state index contributed by atoms with van der Waals surface area (Å²) in [6.07, 6.45) is 1.46. The van der Waals surface area contributed by atoms with Crippen molar-refractivity contribution in [3.63, 3.8) is 0 Å². The molecule has 1 aromatic rings. The zero-order valence-corrected chi connectivity index (χ0v) is 14.1. The zero-order valence-electron chi connectivity index (χ0n) is 14.1. The van der Waals surface area contributed by atoms with Crippen molar-refractivity contribution in [3.05, 3.63) is 23.8 Å². The molecule has 0 spiro atoms. The molecular weight excluding hydrogens is 282 g/mol. The number of ether oxygens (including phenoxy) is 2. The van der Waals surface area contributed by atoms with Crippen molar-refractivity contribution >= 4 is 5.97 Å². The fourth-order valence-electron chi connectivity index (χ4n) is 2.45. The fraction of sp³-hybridized carbons (Fsp3) is 0.588. The number of benzene rings is 1. The number of hydrogen-bond acceptors (Lipinski definition) is 4. The van der Waals surface area contributed by atoms with Gasteiger partial charge in [-0.3, -0.25) is 4.79 Å². The van der Waals surface area contributed by atoms with Crippen LogP contribution in [-0.2, 0) is 4.79 Å². The van der Waals surface area contributed by atoms with Crippen molar-refractivity contribution < 1.29 is 19.4 Å². The Morgan fingerprint density at radius 2 is 1.86 bits per heavy atom. The van der Waals surface area contributed by atoms with E-state index in [1.807, 2.05) is 32.0 Å². The highest BCUT2D eigenvalue weighted by molar-refractivity contribution is 5.73. The summed E-state index contributed by atoms with van der Waals surface area (Å²) in [5.74, 6) is 0.725. The lowest BCUT2D eigenvalue weighted by Crippen LogP contribution is -2.44. The Morgan fingerprint density at radius 1 is 1.23 bits per heavy atom. The first-order valence-electron chi connectivity index (χ1n) is 7.65. The number of nitrogens with one attached hydrogen (secondary N) is 1. The molecule has 0 aliphatic rings. The summed E-state index contributed by atoms with van der Waals surface area (Å²) >= 11 is 0. The van der Waals surface area contributed by atoms with Gasteiger partial charge in [0, 0.05) is 6.04 Å². The summed E-state index contributed by atoms with van der Waals surface area (Å²) < 4.78 is 10.6. The molecule has 0 bridgehead atoms. The summed E-state index contributed by atoms with van der Waals surface area (Å²) in [6, 6.07) is 5.32. The average molecular weight is 309 g/mol. The van der Waals surface area contributed by atoms with Gasteiger partial charge in [-0.25, -0.2) is 0 Å². The Kier molecular flexibility index (Phi) is 7.18. The van der Waals surface area contributed by atoms with Crippen LogP contribution in [-0.4, -0.2) is 37.4 Å². The van der Waals surface area contributed by atoms with Crippen molar-refractivity contribution in [1.82, 2.24) is 5.32 Å². The van der Waals surface area contributed by atoms with E-state index in [9.17, 15) is 9.90 Å². The smallest absolute Gasteiger partial charge is 0.320 e. The van der Waals surface area contributed by atoms with E-state index in [1.54, 1.807) is 14.2 Å². The SMILES string of the molecule is CCCC(NC(C)C(C)c1ccc(OC)c(OC)c1)C(=O)O. The lowest BCUT2D eigenvalue weighted by molar-refractivity contribution is -0.139. The minimum atomic E-state index is -0.798. The molecule has 22 heavy (non-hydrogen) atoms. The average Bonchev–Trinajstić information content (AvgIpc) is 2.52. The summed E-state index contributed by atoms with van der Waals surface area (Å²) in [5, 5.41) is 12.5. The second-order valence-electron chi connectivity index (χ2n) is 5.54. The zero-order chi connectivity index (χ0) is 16.7.